The lowest BCUT2D eigenvalue weighted by Gasteiger charge is -2.15. The van der Waals surface area contributed by atoms with Crippen molar-refractivity contribution in [2.75, 3.05) is 13.6 Å². The van der Waals surface area contributed by atoms with E-state index in [1.807, 2.05) is 0 Å². The summed E-state index contributed by atoms with van der Waals surface area (Å²) in [4.78, 5) is 0.224. The third kappa shape index (κ3) is 2.55. The molecule has 2 N–H and O–H groups in total. The number of hydrogen-bond acceptors (Lipinski definition) is 3. The maximum absolute atomic E-state index is 12.0. The molecule has 1 aromatic carbocycles. The van der Waals surface area contributed by atoms with Gasteiger partial charge in [-0.15, -0.1) is 0 Å². The Bertz CT molecular complexity index is 474. The van der Waals surface area contributed by atoms with Crippen LogP contribution >= 0.6 is 11.6 Å². The van der Waals surface area contributed by atoms with Crippen LogP contribution in [0.2, 0.25) is 5.02 Å². The van der Waals surface area contributed by atoms with Gasteiger partial charge in [0.25, 0.3) is 0 Å². The highest BCUT2D eigenvalue weighted by Crippen LogP contribution is 2.21. The number of benzene rings is 1. The first-order valence-electron chi connectivity index (χ1n) is 4.88. The first-order chi connectivity index (χ1) is 7.43. The van der Waals surface area contributed by atoms with Crippen LogP contribution in [0.4, 0.5) is 0 Å². The van der Waals surface area contributed by atoms with Crippen LogP contribution in [0.15, 0.2) is 23.1 Å². The molecule has 0 saturated heterocycles. The largest absolute Gasteiger partial charge is 0.326 e. The van der Waals surface area contributed by atoms with Crippen molar-refractivity contribution in [1.82, 2.24) is 4.31 Å². The van der Waals surface area contributed by atoms with E-state index in [-0.39, 0.29) is 11.4 Å². The molecule has 0 atom stereocenters. The zero-order valence-corrected chi connectivity index (χ0v) is 10.8. The van der Waals surface area contributed by atoms with Crippen molar-refractivity contribution in [1.29, 1.82) is 0 Å². The van der Waals surface area contributed by atoms with Crippen LogP contribution in [0.3, 0.4) is 0 Å². The van der Waals surface area contributed by atoms with Crippen molar-refractivity contribution < 1.29 is 8.42 Å². The summed E-state index contributed by atoms with van der Waals surface area (Å²) in [5, 5.41) is 0.487. The molecule has 0 aliphatic heterocycles. The van der Waals surface area contributed by atoms with Crippen molar-refractivity contribution in [3.63, 3.8) is 0 Å². The number of sulfonamides is 1. The van der Waals surface area contributed by atoms with E-state index in [1.165, 1.54) is 23.5 Å². The lowest BCUT2D eigenvalue weighted by molar-refractivity contribution is 0.486. The molecule has 0 spiro atoms. The second kappa shape index (κ2) is 5.14. The molecule has 0 aliphatic rings. The van der Waals surface area contributed by atoms with E-state index >= 15 is 0 Å². The fourth-order valence-corrected chi connectivity index (χ4v) is 2.64. The molecule has 0 radical (unpaired) electrons. The maximum atomic E-state index is 12.0. The van der Waals surface area contributed by atoms with Gasteiger partial charge in [0.15, 0.2) is 0 Å². The zero-order valence-electron chi connectivity index (χ0n) is 9.27. The molecule has 90 valence electrons. The van der Waals surface area contributed by atoms with Gasteiger partial charge in [-0.1, -0.05) is 18.5 Å². The number of hydrogen-bond donors (Lipinski definition) is 1. The van der Waals surface area contributed by atoms with Gasteiger partial charge in [0.05, 0.1) is 4.90 Å². The number of rotatable bonds is 4. The SMILES string of the molecule is CCN(C)S(=O)(=O)c1ccc(Cl)c(CN)c1. The second-order valence-corrected chi connectivity index (χ2v) is 5.83. The van der Waals surface area contributed by atoms with Gasteiger partial charge in [0, 0.05) is 25.2 Å². The van der Waals surface area contributed by atoms with E-state index in [2.05, 4.69) is 0 Å². The molecule has 0 amide bonds. The highest BCUT2D eigenvalue weighted by Gasteiger charge is 2.19. The van der Waals surface area contributed by atoms with Gasteiger partial charge >= 0.3 is 0 Å². The lowest BCUT2D eigenvalue weighted by Crippen LogP contribution is -2.26. The van der Waals surface area contributed by atoms with E-state index in [4.69, 9.17) is 17.3 Å². The fraction of sp³-hybridized carbons (Fsp3) is 0.400. The summed E-state index contributed by atoms with van der Waals surface area (Å²) >= 11 is 5.87. The molecular weight excluding hydrogens is 248 g/mol. The van der Waals surface area contributed by atoms with Gasteiger partial charge in [-0.05, 0) is 23.8 Å². The Kier molecular flexibility index (Phi) is 4.32. The third-order valence-corrected chi connectivity index (χ3v) is 4.69. The predicted molar refractivity (Wildman–Crippen MR) is 64.8 cm³/mol. The minimum absolute atomic E-state index is 0.220. The van der Waals surface area contributed by atoms with Crippen molar-refractivity contribution in [2.24, 2.45) is 5.73 Å². The van der Waals surface area contributed by atoms with Crippen LogP contribution in [0.1, 0.15) is 12.5 Å². The topological polar surface area (TPSA) is 63.4 Å². The van der Waals surface area contributed by atoms with Gasteiger partial charge in [-0.25, -0.2) is 12.7 Å². The summed E-state index contributed by atoms with van der Waals surface area (Å²) in [6.07, 6.45) is 0. The van der Waals surface area contributed by atoms with Crippen molar-refractivity contribution in [3.05, 3.63) is 28.8 Å². The standard InChI is InChI=1S/C10H15ClN2O2S/c1-3-13(2)16(14,15)9-4-5-10(11)8(6-9)7-12/h4-6H,3,7,12H2,1-2H3. The molecule has 0 saturated carbocycles. The molecule has 6 heteroatoms. The Morgan fingerprint density at radius 3 is 2.56 bits per heavy atom. The van der Waals surface area contributed by atoms with E-state index in [9.17, 15) is 8.42 Å². The zero-order chi connectivity index (χ0) is 12.3. The van der Waals surface area contributed by atoms with Crippen LogP contribution in [0, 0.1) is 0 Å². The summed E-state index contributed by atoms with van der Waals surface area (Å²) in [5.41, 5.74) is 6.11. The van der Waals surface area contributed by atoms with Gasteiger partial charge in [-0.3, -0.25) is 0 Å². The van der Waals surface area contributed by atoms with Crippen LogP contribution < -0.4 is 5.73 Å². The molecule has 1 rings (SSSR count). The molecule has 0 unspecified atom stereocenters. The molecule has 0 heterocycles. The van der Waals surface area contributed by atoms with E-state index in [0.717, 1.165) is 0 Å². The van der Waals surface area contributed by atoms with E-state index in [0.29, 0.717) is 17.1 Å². The third-order valence-electron chi connectivity index (χ3n) is 2.39. The number of nitrogens with zero attached hydrogens (tertiary/aromatic N) is 1. The van der Waals surface area contributed by atoms with Gasteiger partial charge < -0.3 is 5.73 Å². The quantitative estimate of drug-likeness (QED) is 0.893. The molecule has 0 fully saturated rings. The first-order valence-corrected chi connectivity index (χ1v) is 6.70. The Morgan fingerprint density at radius 1 is 1.44 bits per heavy atom. The molecule has 0 bridgehead atoms. The molecule has 0 aliphatic carbocycles. The van der Waals surface area contributed by atoms with E-state index < -0.39 is 10.0 Å². The highest BCUT2D eigenvalue weighted by atomic mass is 35.5. The highest BCUT2D eigenvalue weighted by molar-refractivity contribution is 7.89. The minimum atomic E-state index is -3.42. The van der Waals surface area contributed by atoms with Crippen molar-refractivity contribution >= 4 is 21.6 Å². The molecular formula is C10H15ClN2O2S. The fourth-order valence-electron chi connectivity index (χ4n) is 1.22. The Balaban J connectivity index is 3.24. The van der Waals surface area contributed by atoms with Gasteiger partial charge in [0.1, 0.15) is 0 Å². The Labute approximate surface area is 101 Å². The Morgan fingerprint density at radius 2 is 2.06 bits per heavy atom. The van der Waals surface area contributed by atoms with Crippen molar-refractivity contribution in [2.45, 2.75) is 18.4 Å². The molecule has 4 nitrogen and oxygen atoms in total. The molecule has 16 heavy (non-hydrogen) atoms. The Hall–Kier alpha value is -0.620. The lowest BCUT2D eigenvalue weighted by atomic mass is 10.2. The average Bonchev–Trinajstić information content (AvgIpc) is 2.28. The number of halogens is 1. The number of nitrogens with two attached hydrogens (primary N) is 1. The summed E-state index contributed by atoms with van der Waals surface area (Å²) in [6, 6.07) is 4.56. The van der Waals surface area contributed by atoms with E-state index in [1.54, 1.807) is 13.0 Å². The molecule has 1 aromatic rings. The van der Waals surface area contributed by atoms with Crippen LogP contribution in [0.25, 0.3) is 0 Å². The van der Waals surface area contributed by atoms with Crippen molar-refractivity contribution in [3.8, 4) is 0 Å². The summed E-state index contributed by atoms with van der Waals surface area (Å²) in [5.74, 6) is 0. The molecule has 0 aromatic heterocycles. The van der Waals surface area contributed by atoms with Gasteiger partial charge in [-0.2, -0.15) is 0 Å². The summed E-state index contributed by atoms with van der Waals surface area (Å²) < 4.78 is 25.2. The smallest absolute Gasteiger partial charge is 0.242 e. The predicted octanol–water partition coefficient (Wildman–Crippen LogP) is 1.44. The van der Waals surface area contributed by atoms with Crippen LogP contribution in [0.5, 0.6) is 0 Å². The second-order valence-electron chi connectivity index (χ2n) is 3.38. The first kappa shape index (κ1) is 13.4. The van der Waals surface area contributed by atoms with Crippen LogP contribution in [-0.4, -0.2) is 26.3 Å². The average molecular weight is 263 g/mol. The minimum Gasteiger partial charge on any atom is -0.326 e. The normalized spacial score (nSPS) is 12.1. The monoisotopic (exact) mass is 262 g/mol. The summed E-state index contributed by atoms with van der Waals surface area (Å²) in [6.45, 7) is 2.41. The maximum Gasteiger partial charge on any atom is 0.242 e. The summed E-state index contributed by atoms with van der Waals surface area (Å²) in [7, 11) is -1.89. The van der Waals surface area contributed by atoms with Gasteiger partial charge in [0.2, 0.25) is 10.0 Å². The van der Waals surface area contributed by atoms with Crippen LogP contribution in [-0.2, 0) is 16.6 Å².